The smallest absolute Gasteiger partial charge is 0.328 e. The molecule has 0 saturated heterocycles. The van der Waals surface area contributed by atoms with Gasteiger partial charge in [0.25, 0.3) is 0 Å². The predicted molar refractivity (Wildman–Crippen MR) is 50.1 cm³/mol. The number of aliphatic carboxylic acids is 1. The lowest BCUT2D eigenvalue weighted by Crippen LogP contribution is -2.07. The fourth-order valence-electron chi connectivity index (χ4n) is 1.01. The number of benzene rings is 1. The second-order valence-corrected chi connectivity index (χ2v) is 2.78. The Balaban J connectivity index is 2.79. The molecule has 0 radical (unpaired) electrons. The lowest BCUT2D eigenvalue weighted by atomic mass is 10.1. The number of carbonyl (C=O) groups is 1. The van der Waals surface area contributed by atoms with Crippen molar-refractivity contribution in [1.82, 2.24) is 0 Å². The summed E-state index contributed by atoms with van der Waals surface area (Å²) < 4.78 is 12.7. The van der Waals surface area contributed by atoms with Crippen LogP contribution in [0.3, 0.4) is 0 Å². The second kappa shape index (κ2) is 4.53. The minimum absolute atomic E-state index is 0.387. The van der Waals surface area contributed by atoms with Crippen molar-refractivity contribution in [3.8, 4) is 0 Å². The van der Waals surface area contributed by atoms with Gasteiger partial charge in [-0.25, -0.2) is 9.18 Å². The number of nitrogens with two attached hydrogens (primary N) is 1. The summed E-state index contributed by atoms with van der Waals surface area (Å²) in [6, 6.07) is 5.15. The van der Waals surface area contributed by atoms with E-state index in [1.807, 2.05) is 0 Å². The highest BCUT2D eigenvalue weighted by Crippen LogP contribution is 2.12. The van der Waals surface area contributed by atoms with Crippen LogP contribution < -0.4 is 5.73 Å². The van der Waals surface area contributed by atoms with Crippen LogP contribution in [0.2, 0.25) is 0 Å². The fourth-order valence-corrected chi connectivity index (χ4v) is 1.01. The summed E-state index contributed by atoms with van der Waals surface area (Å²) in [5, 5.41) is 8.35. The fraction of sp³-hybridized carbons (Fsp3) is 0.100. The molecule has 0 fully saturated rings. The quantitative estimate of drug-likeness (QED) is 0.718. The second-order valence-electron chi connectivity index (χ2n) is 2.78. The average molecular weight is 195 g/mol. The summed E-state index contributed by atoms with van der Waals surface area (Å²) in [7, 11) is 0. The third kappa shape index (κ3) is 2.99. The van der Waals surface area contributed by atoms with Gasteiger partial charge in [0.05, 0.1) is 0 Å². The van der Waals surface area contributed by atoms with E-state index in [4.69, 9.17) is 10.8 Å². The molecule has 0 aliphatic rings. The Labute approximate surface area is 80.7 Å². The van der Waals surface area contributed by atoms with Crippen molar-refractivity contribution < 1.29 is 14.3 Å². The highest BCUT2D eigenvalue weighted by Gasteiger charge is 2.02. The number of carboxylic acids is 1. The molecule has 0 aliphatic carbocycles. The topological polar surface area (TPSA) is 63.3 Å². The van der Waals surface area contributed by atoms with E-state index in [2.05, 4.69) is 0 Å². The summed E-state index contributed by atoms with van der Waals surface area (Å²) in [5.41, 5.74) is 6.14. The highest BCUT2D eigenvalue weighted by molar-refractivity contribution is 5.79. The van der Waals surface area contributed by atoms with Gasteiger partial charge in [-0.3, -0.25) is 0 Å². The molecule has 0 aromatic heterocycles. The number of hydrogen-bond acceptors (Lipinski definition) is 2. The van der Waals surface area contributed by atoms with Crippen molar-refractivity contribution in [2.75, 3.05) is 0 Å². The van der Waals surface area contributed by atoms with Crippen molar-refractivity contribution in [1.29, 1.82) is 0 Å². The molecule has 0 amide bonds. The molecule has 1 aromatic carbocycles. The molecule has 1 atom stereocenters. The monoisotopic (exact) mass is 195 g/mol. The molecule has 3 nitrogen and oxygen atoms in total. The van der Waals surface area contributed by atoms with Crippen LogP contribution in [0.4, 0.5) is 4.39 Å². The first-order valence-electron chi connectivity index (χ1n) is 4.02. The minimum Gasteiger partial charge on any atom is -0.478 e. The maximum atomic E-state index is 12.7. The van der Waals surface area contributed by atoms with Gasteiger partial charge in [0, 0.05) is 12.1 Å². The van der Waals surface area contributed by atoms with Crippen molar-refractivity contribution in [3.05, 3.63) is 47.8 Å². The molecular weight excluding hydrogens is 185 g/mol. The molecule has 1 unspecified atom stereocenters. The Morgan fingerprint density at radius 2 is 2.29 bits per heavy atom. The van der Waals surface area contributed by atoms with E-state index in [0.29, 0.717) is 5.56 Å². The third-order valence-electron chi connectivity index (χ3n) is 1.68. The van der Waals surface area contributed by atoms with E-state index in [1.54, 1.807) is 6.07 Å². The van der Waals surface area contributed by atoms with Crippen molar-refractivity contribution in [3.63, 3.8) is 0 Å². The molecular formula is C10H10FNO2. The van der Waals surface area contributed by atoms with E-state index >= 15 is 0 Å². The SMILES string of the molecule is NC(/C=C/C(=O)O)c1cccc(F)c1. The summed E-state index contributed by atoms with van der Waals surface area (Å²) in [5.74, 6) is -1.46. The molecule has 4 heteroatoms. The molecule has 0 bridgehead atoms. The molecule has 14 heavy (non-hydrogen) atoms. The molecule has 3 N–H and O–H groups in total. The molecule has 0 heterocycles. The normalized spacial score (nSPS) is 13.0. The van der Waals surface area contributed by atoms with Crippen molar-refractivity contribution >= 4 is 5.97 Å². The zero-order valence-corrected chi connectivity index (χ0v) is 7.35. The first-order chi connectivity index (χ1) is 6.59. The molecule has 1 rings (SSSR count). The Kier molecular flexibility index (Phi) is 3.36. The summed E-state index contributed by atoms with van der Waals surface area (Å²) in [6.45, 7) is 0. The van der Waals surface area contributed by atoms with E-state index < -0.39 is 12.0 Å². The Morgan fingerprint density at radius 3 is 2.86 bits per heavy atom. The van der Waals surface area contributed by atoms with Crippen LogP contribution in [0, 0.1) is 5.82 Å². The summed E-state index contributed by atoms with van der Waals surface area (Å²) >= 11 is 0. The maximum Gasteiger partial charge on any atom is 0.328 e. The largest absolute Gasteiger partial charge is 0.478 e. The van der Waals surface area contributed by atoms with E-state index in [9.17, 15) is 9.18 Å². The van der Waals surface area contributed by atoms with Gasteiger partial charge in [-0.15, -0.1) is 0 Å². The van der Waals surface area contributed by atoms with Crippen LogP contribution in [0.15, 0.2) is 36.4 Å². The van der Waals surface area contributed by atoms with Gasteiger partial charge in [0.1, 0.15) is 5.82 Å². The van der Waals surface area contributed by atoms with Crippen LogP contribution in [0.1, 0.15) is 11.6 Å². The molecule has 1 aromatic rings. The lowest BCUT2D eigenvalue weighted by molar-refractivity contribution is -0.131. The summed E-state index contributed by atoms with van der Waals surface area (Å²) in [4.78, 5) is 10.2. The van der Waals surface area contributed by atoms with Crippen molar-refractivity contribution in [2.24, 2.45) is 5.73 Å². The number of halogens is 1. The van der Waals surface area contributed by atoms with E-state index in [1.165, 1.54) is 24.3 Å². The van der Waals surface area contributed by atoms with Crippen LogP contribution in [0.5, 0.6) is 0 Å². The zero-order chi connectivity index (χ0) is 10.6. The minimum atomic E-state index is -1.07. The number of rotatable bonds is 3. The highest BCUT2D eigenvalue weighted by atomic mass is 19.1. The van der Waals surface area contributed by atoms with Crippen LogP contribution >= 0.6 is 0 Å². The maximum absolute atomic E-state index is 12.7. The predicted octanol–water partition coefficient (Wildman–Crippen LogP) is 1.47. The van der Waals surface area contributed by atoms with E-state index in [0.717, 1.165) is 6.08 Å². The van der Waals surface area contributed by atoms with Gasteiger partial charge in [0.15, 0.2) is 0 Å². The standard InChI is InChI=1S/C10H10FNO2/c11-8-3-1-2-7(6-8)9(12)4-5-10(13)14/h1-6,9H,12H2,(H,13,14)/b5-4+. The third-order valence-corrected chi connectivity index (χ3v) is 1.68. The van der Waals surface area contributed by atoms with Gasteiger partial charge >= 0.3 is 5.97 Å². The van der Waals surface area contributed by atoms with Gasteiger partial charge in [0.2, 0.25) is 0 Å². The first-order valence-corrected chi connectivity index (χ1v) is 4.02. The lowest BCUT2D eigenvalue weighted by Gasteiger charge is -2.05. The molecule has 0 spiro atoms. The van der Waals surface area contributed by atoms with Crippen LogP contribution in [-0.4, -0.2) is 11.1 Å². The summed E-state index contributed by atoms with van der Waals surface area (Å²) in [6.07, 6.45) is 2.24. The van der Waals surface area contributed by atoms with Gasteiger partial charge < -0.3 is 10.8 Å². The Hall–Kier alpha value is -1.68. The Bertz CT molecular complexity index is 363. The number of carboxylic acid groups (broad SMARTS) is 1. The van der Waals surface area contributed by atoms with Gasteiger partial charge in [-0.05, 0) is 17.7 Å². The van der Waals surface area contributed by atoms with E-state index in [-0.39, 0.29) is 5.82 Å². The zero-order valence-electron chi connectivity index (χ0n) is 7.35. The molecule has 0 saturated carbocycles. The van der Waals surface area contributed by atoms with Crippen LogP contribution in [-0.2, 0) is 4.79 Å². The average Bonchev–Trinajstić information content (AvgIpc) is 2.14. The van der Waals surface area contributed by atoms with Crippen LogP contribution in [0.25, 0.3) is 0 Å². The molecule has 74 valence electrons. The Morgan fingerprint density at radius 1 is 1.57 bits per heavy atom. The number of hydrogen-bond donors (Lipinski definition) is 2. The van der Waals surface area contributed by atoms with Gasteiger partial charge in [-0.1, -0.05) is 18.2 Å². The van der Waals surface area contributed by atoms with Crippen molar-refractivity contribution in [2.45, 2.75) is 6.04 Å². The first kappa shape index (κ1) is 10.4. The molecule has 0 aliphatic heterocycles. The van der Waals surface area contributed by atoms with Gasteiger partial charge in [-0.2, -0.15) is 0 Å².